The van der Waals surface area contributed by atoms with E-state index in [4.69, 9.17) is 0 Å². The minimum absolute atomic E-state index is 0.218. The lowest BCUT2D eigenvalue weighted by Gasteiger charge is -2.06. The molecule has 0 spiro atoms. The fourth-order valence-electron chi connectivity index (χ4n) is 2.24. The molecule has 0 aliphatic heterocycles. The van der Waals surface area contributed by atoms with Gasteiger partial charge in [0.1, 0.15) is 11.6 Å². The van der Waals surface area contributed by atoms with Gasteiger partial charge in [-0.1, -0.05) is 6.07 Å². The molecule has 2 rings (SSSR count). The van der Waals surface area contributed by atoms with Crippen LogP contribution in [0.3, 0.4) is 0 Å². The average molecular weight is 230 g/mol. The molecule has 2 aromatic rings. The number of fused-ring (bicyclic) bond motifs is 1. The molecule has 0 N–H and O–H groups in total. The summed E-state index contributed by atoms with van der Waals surface area (Å²) in [6.45, 7) is 8.52. The zero-order valence-corrected chi connectivity index (χ0v) is 10.9. The van der Waals surface area contributed by atoms with E-state index in [0.717, 1.165) is 23.4 Å². The van der Waals surface area contributed by atoms with Crippen LogP contribution in [0, 0.1) is 20.8 Å². The molecule has 0 aliphatic carbocycles. The lowest BCUT2D eigenvalue weighted by Crippen LogP contribution is -2.04. The van der Waals surface area contributed by atoms with E-state index < -0.39 is 0 Å². The number of Topliss-reactive ketones (excluding diaryl/α,β-unsaturated/α-hetero) is 1. The van der Waals surface area contributed by atoms with Gasteiger partial charge < -0.3 is 4.57 Å². The summed E-state index contributed by atoms with van der Waals surface area (Å²) in [5.41, 5.74) is 4.63. The molecule has 0 bridgehead atoms. The van der Waals surface area contributed by atoms with E-state index in [-0.39, 0.29) is 5.78 Å². The highest BCUT2D eigenvalue weighted by Crippen LogP contribution is 2.21. The van der Waals surface area contributed by atoms with Gasteiger partial charge in [0.2, 0.25) is 0 Å². The molecule has 0 amide bonds. The Hall–Kier alpha value is -1.64. The van der Waals surface area contributed by atoms with E-state index in [9.17, 15) is 4.79 Å². The summed E-state index contributed by atoms with van der Waals surface area (Å²) < 4.78 is 2.14. The van der Waals surface area contributed by atoms with Crippen LogP contribution in [-0.4, -0.2) is 15.3 Å². The number of hydrogen-bond donors (Lipinski definition) is 0. The second-order valence-corrected chi connectivity index (χ2v) is 4.71. The number of benzene rings is 1. The molecule has 0 fully saturated rings. The fourth-order valence-corrected chi connectivity index (χ4v) is 2.24. The smallest absolute Gasteiger partial charge is 0.131 e. The zero-order chi connectivity index (χ0) is 12.6. The molecule has 17 heavy (non-hydrogen) atoms. The van der Waals surface area contributed by atoms with Crippen LogP contribution in [-0.2, 0) is 11.3 Å². The van der Waals surface area contributed by atoms with Gasteiger partial charge in [-0.05, 0) is 44.9 Å². The SMILES string of the molecule is CC(=O)CCn1c(C)nc2c(C)cc(C)cc21. The Morgan fingerprint density at radius 1 is 1.29 bits per heavy atom. The van der Waals surface area contributed by atoms with E-state index in [0.29, 0.717) is 6.42 Å². The number of rotatable bonds is 3. The lowest BCUT2D eigenvalue weighted by molar-refractivity contribution is -0.117. The monoisotopic (exact) mass is 230 g/mol. The molecule has 3 heteroatoms. The Balaban J connectivity index is 2.54. The van der Waals surface area contributed by atoms with Crippen LogP contribution in [0.5, 0.6) is 0 Å². The molecule has 1 aromatic carbocycles. The van der Waals surface area contributed by atoms with Crippen LogP contribution < -0.4 is 0 Å². The fraction of sp³-hybridized carbons (Fsp3) is 0.429. The molecule has 0 saturated carbocycles. The van der Waals surface area contributed by atoms with Gasteiger partial charge in [0.15, 0.2) is 0 Å². The Bertz CT molecular complexity index is 581. The van der Waals surface area contributed by atoms with E-state index in [1.165, 1.54) is 11.1 Å². The lowest BCUT2D eigenvalue weighted by atomic mass is 10.1. The number of hydrogen-bond acceptors (Lipinski definition) is 2. The predicted molar refractivity (Wildman–Crippen MR) is 69.2 cm³/mol. The molecule has 1 aromatic heterocycles. The van der Waals surface area contributed by atoms with Gasteiger partial charge >= 0.3 is 0 Å². The van der Waals surface area contributed by atoms with Crippen molar-refractivity contribution in [2.24, 2.45) is 0 Å². The number of imidazole rings is 1. The van der Waals surface area contributed by atoms with E-state index in [1.807, 2.05) is 6.92 Å². The van der Waals surface area contributed by atoms with E-state index >= 15 is 0 Å². The second-order valence-electron chi connectivity index (χ2n) is 4.71. The van der Waals surface area contributed by atoms with Crippen LogP contribution in [0.25, 0.3) is 11.0 Å². The van der Waals surface area contributed by atoms with Crippen molar-refractivity contribution in [2.75, 3.05) is 0 Å². The van der Waals surface area contributed by atoms with E-state index in [2.05, 4.69) is 35.5 Å². The number of nitrogens with zero attached hydrogens (tertiary/aromatic N) is 2. The average Bonchev–Trinajstić information content (AvgIpc) is 2.52. The van der Waals surface area contributed by atoms with Crippen molar-refractivity contribution in [3.63, 3.8) is 0 Å². The first-order valence-electron chi connectivity index (χ1n) is 5.92. The molecule has 90 valence electrons. The standard InChI is InChI=1S/C14H18N2O/c1-9-7-10(2)14-13(8-9)16(12(4)15-14)6-5-11(3)17/h7-8H,5-6H2,1-4H3. The van der Waals surface area contributed by atoms with Crippen molar-refractivity contribution in [1.29, 1.82) is 0 Å². The van der Waals surface area contributed by atoms with Gasteiger partial charge in [0.05, 0.1) is 11.0 Å². The highest BCUT2D eigenvalue weighted by Gasteiger charge is 2.10. The summed E-state index contributed by atoms with van der Waals surface area (Å²) in [7, 11) is 0. The van der Waals surface area contributed by atoms with Crippen LogP contribution in [0.1, 0.15) is 30.3 Å². The summed E-state index contributed by atoms with van der Waals surface area (Å²) >= 11 is 0. The summed E-state index contributed by atoms with van der Waals surface area (Å²) in [4.78, 5) is 15.7. The summed E-state index contributed by atoms with van der Waals surface area (Å²) in [6.07, 6.45) is 0.569. The van der Waals surface area contributed by atoms with Gasteiger partial charge in [-0.15, -0.1) is 0 Å². The van der Waals surface area contributed by atoms with Gasteiger partial charge in [-0.3, -0.25) is 4.79 Å². The maximum atomic E-state index is 11.1. The number of ketones is 1. The van der Waals surface area contributed by atoms with Crippen molar-refractivity contribution in [2.45, 2.75) is 40.7 Å². The molecular formula is C14H18N2O. The quantitative estimate of drug-likeness (QED) is 0.812. The summed E-state index contributed by atoms with van der Waals surface area (Å²) in [5.74, 6) is 1.20. The Labute approximate surface area is 101 Å². The van der Waals surface area contributed by atoms with Gasteiger partial charge in [-0.2, -0.15) is 0 Å². The molecule has 0 radical (unpaired) electrons. The molecule has 0 atom stereocenters. The molecule has 1 heterocycles. The maximum absolute atomic E-state index is 11.1. The van der Waals surface area contributed by atoms with Crippen molar-refractivity contribution in [1.82, 2.24) is 9.55 Å². The minimum atomic E-state index is 0.218. The maximum Gasteiger partial charge on any atom is 0.131 e. The third kappa shape index (κ3) is 2.23. The Morgan fingerprint density at radius 3 is 2.65 bits per heavy atom. The first-order valence-corrected chi connectivity index (χ1v) is 5.92. The normalized spacial score (nSPS) is 11.1. The Morgan fingerprint density at radius 2 is 2.00 bits per heavy atom. The van der Waals surface area contributed by atoms with Gasteiger partial charge in [0.25, 0.3) is 0 Å². The van der Waals surface area contributed by atoms with E-state index in [1.54, 1.807) is 6.92 Å². The third-order valence-corrected chi connectivity index (χ3v) is 3.07. The third-order valence-electron chi connectivity index (χ3n) is 3.07. The molecule has 0 unspecified atom stereocenters. The highest BCUT2D eigenvalue weighted by atomic mass is 16.1. The molecular weight excluding hydrogens is 212 g/mol. The van der Waals surface area contributed by atoms with Crippen LogP contribution in [0.15, 0.2) is 12.1 Å². The first-order chi connectivity index (χ1) is 7.99. The van der Waals surface area contributed by atoms with Crippen molar-refractivity contribution >= 4 is 16.8 Å². The van der Waals surface area contributed by atoms with Gasteiger partial charge in [0, 0.05) is 13.0 Å². The molecule has 0 aliphatic rings. The zero-order valence-electron chi connectivity index (χ0n) is 10.9. The largest absolute Gasteiger partial charge is 0.328 e. The van der Waals surface area contributed by atoms with Crippen molar-refractivity contribution in [3.8, 4) is 0 Å². The summed E-state index contributed by atoms with van der Waals surface area (Å²) in [6, 6.07) is 4.28. The second kappa shape index (κ2) is 4.32. The number of carbonyl (C=O) groups excluding carboxylic acids is 1. The van der Waals surface area contributed by atoms with Crippen molar-refractivity contribution < 1.29 is 4.79 Å². The topological polar surface area (TPSA) is 34.9 Å². The first kappa shape index (κ1) is 11.8. The van der Waals surface area contributed by atoms with Crippen LogP contribution in [0.2, 0.25) is 0 Å². The summed E-state index contributed by atoms with van der Waals surface area (Å²) in [5, 5.41) is 0. The highest BCUT2D eigenvalue weighted by molar-refractivity contribution is 5.81. The predicted octanol–water partition coefficient (Wildman–Crippen LogP) is 2.94. The molecule has 0 saturated heterocycles. The van der Waals surface area contributed by atoms with Crippen LogP contribution in [0.4, 0.5) is 0 Å². The Kier molecular flexibility index (Phi) is 3.01. The minimum Gasteiger partial charge on any atom is -0.328 e. The number of carbonyl (C=O) groups is 1. The van der Waals surface area contributed by atoms with Crippen molar-refractivity contribution in [3.05, 3.63) is 29.1 Å². The number of aromatic nitrogens is 2. The number of aryl methyl sites for hydroxylation is 4. The van der Waals surface area contributed by atoms with Crippen LogP contribution >= 0.6 is 0 Å². The van der Waals surface area contributed by atoms with Gasteiger partial charge in [-0.25, -0.2) is 4.98 Å². The molecule has 3 nitrogen and oxygen atoms in total.